The molecule has 0 atom stereocenters. The van der Waals surface area contributed by atoms with E-state index in [2.05, 4.69) is 14.9 Å². The SMILES string of the molecule is Cc1cc(S(=O)(=O)Nc2ccc(=O)[nH]n2)sc1CN. The average Bonchev–Trinajstić information content (AvgIpc) is 2.74. The van der Waals surface area contributed by atoms with Crippen molar-refractivity contribution in [3.05, 3.63) is 39.0 Å². The van der Waals surface area contributed by atoms with Gasteiger partial charge in [-0.05, 0) is 24.6 Å². The highest BCUT2D eigenvalue weighted by Crippen LogP contribution is 2.26. The van der Waals surface area contributed by atoms with Crippen molar-refractivity contribution in [1.82, 2.24) is 10.2 Å². The van der Waals surface area contributed by atoms with Crippen LogP contribution in [0.4, 0.5) is 5.82 Å². The van der Waals surface area contributed by atoms with Crippen LogP contribution in [0.2, 0.25) is 0 Å². The second kappa shape index (κ2) is 5.11. The third kappa shape index (κ3) is 3.00. The maximum absolute atomic E-state index is 12.1. The van der Waals surface area contributed by atoms with Gasteiger partial charge in [-0.1, -0.05) is 0 Å². The van der Waals surface area contributed by atoms with E-state index in [0.29, 0.717) is 6.54 Å². The van der Waals surface area contributed by atoms with E-state index in [4.69, 9.17) is 5.73 Å². The Labute approximate surface area is 113 Å². The number of nitrogens with one attached hydrogen (secondary N) is 2. The van der Waals surface area contributed by atoms with Crippen molar-refractivity contribution in [3.8, 4) is 0 Å². The summed E-state index contributed by atoms with van der Waals surface area (Å²) >= 11 is 1.11. The Morgan fingerprint density at radius 2 is 2.21 bits per heavy atom. The first-order chi connectivity index (χ1) is 8.92. The first-order valence-corrected chi connectivity index (χ1v) is 7.60. The van der Waals surface area contributed by atoms with E-state index >= 15 is 0 Å². The minimum absolute atomic E-state index is 0.0555. The Bertz CT molecular complexity index is 728. The number of hydrogen-bond donors (Lipinski definition) is 3. The second-order valence-corrected chi connectivity index (χ2v) is 6.83. The van der Waals surface area contributed by atoms with Crippen molar-refractivity contribution < 1.29 is 8.42 Å². The van der Waals surface area contributed by atoms with Gasteiger partial charge in [-0.15, -0.1) is 11.3 Å². The maximum Gasteiger partial charge on any atom is 0.272 e. The first-order valence-electron chi connectivity index (χ1n) is 5.30. The Morgan fingerprint density at radius 3 is 2.74 bits per heavy atom. The highest BCUT2D eigenvalue weighted by atomic mass is 32.2. The maximum atomic E-state index is 12.1. The molecule has 0 fully saturated rings. The lowest BCUT2D eigenvalue weighted by molar-refractivity contribution is 0.603. The molecule has 0 radical (unpaired) electrons. The third-order valence-corrected chi connectivity index (χ3v) is 5.45. The molecule has 0 amide bonds. The van der Waals surface area contributed by atoms with Crippen molar-refractivity contribution >= 4 is 27.2 Å². The van der Waals surface area contributed by atoms with E-state index in [9.17, 15) is 13.2 Å². The van der Waals surface area contributed by atoms with Gasteiger partial charge in [0.2, 0.25) is 0 Å². The van der Waals surface area contributed by atoms with Gasteiger partial charge in [0, 0.05) is 17.5 Å². The number of hydrogen-bond acceptors (Lipinski definition) is 6. The van der Waals surface area contributed by atoms with Crippen LogP contribution in [0.15, 0.2) is 27.2 Å². The van der Waals surface area contributed by atoms with Crippen LogP contribution >= 0.6 is 11.3 Å². The summed E-state index contributed by atoms with van der Waals surface area (Å²) in [6.45, 7) is 2.10. The van der Waals surface area contributed by atoms with Gasteiger partial charge >= 0.3 is 0 Å². The number of H-pyrrole nitrogens is 1. The smallest absolute Gasteiger partial charge is 0.272 e. The van der Waals surface area contributed by atoms with Crippen LogP contribution in [-0.2, 0) is 16.6 Å². The molecule has 9 heteroatoms. The van der Waals surface area contributed by atoms with Crippen LogP contribution in [-0.4, -0.2) is 18.6 Å². The largest absolute Gasteiger partial charge is 0.326 e. The van der Waals surface area contributed by atoms with Crippen LogP contribution in [0.25, 0.3) is 0 Å². The average molecular weight is 300 g/mol. The molecule has 2 aromatic heterocycles. The molecular formula is C10H12N4O3S2. The highest BCUT2D eigenvalue weighted by molar-refractivity contribution is 7.94. The fraction of sp³-hybridized carbons (Fsp3) is 0.200. The second-order valence-electron chi connectivity index (χ2n) is 3.79. The summed E-state index contributed by atoms with van der Waals surface area (Å²) < 4.78 is 26.6. The van der Waals surface area contributed by atoms with Crippen molar-refractivity contribution in [2.24, 2.45) is 5.73 Å². The Balaban J connectivity index is 2.31. The first kappa shape index (κ1) is 13.7. The van der Waals surface area contributed by atoms with Crippen molar-refractivity contribution in [2.45, 2.75) is 17.7 Å². The normalized spacial score (nSPS) is 11.5. The lowest BCUT2D eigenvalue weighted by Gasteiger charge is -2.03. The van der Waals surface area contributed by atoms with E-state index in [0.717, 1.165) is 21.8 Å². The van der Waals surface area contributed by atoms with Crippen LogP contribution in [0, 0.1) is 6.92 Å². The molecule has 0 aliphatic carbocycles. The molecule has 19 heavy (non-hydrogen) atoms. The number of nitrogens with two attached hydrogens (primary N) is 1. The molecule has 0 aliphatic heterocycles. The number of thiophene rings is 1. The quantitative estimate of drug-likeness (QED) is 0.755. The van der Waals surface area contributed by atoms with E-state index in [-0.39, 0.29) is 10.0 Å². The summed E-state index contributed by atoms with van der Waals surface area (Å²) in [5.74, 6) is 0.0555. The Morgan fingerprint density at radius 1 is 1.47 bits per heavy atom. The molecule has 2 heterocycles. The van der Waals surface area contributed by atoms with E-state index in [1.54, 1.807) is 13.0 Å². The van der Waals surface area contributed by atoms with E-state index < -0.39 is 15.6 Å². The molecule has 0 bridgehead atoms. The Kier molecular flexibility index (Phi) is 3.69. The lowest BCUT2D eigenvalue weighted by atomic mass is 10.3. The predicted octanol–water partition coefficient (Wildman–Crippen LogP) is 0.399. The van der Waals surface area contributed by atoms with Crippen molar-refractivity contribution in [2.75, 3.05) is 4.72 Å². The van der Waals surface area contributed by atoms with Crippen molar-refractivity contribution in [1.29, 1.82) is 0 Å². The van der Waals surface area contributed by atoms with Crippen LogP contribution in [0.3, 0.4) is 0 Å². The number of aromatic amines is 1. The van der Waals surface area contributed by atoms with Crippen LogP contribution < -0.4 is 16.0 Å². The van der Waals surface area contributed by atoms with Gasteiger partial charge < -0.3 is 5.73 Å². The zero-order chi connectivity index (χ0) is 14.0. The lowest BCUT2D eigenvalue weighted by Crippen LogP contribution is -2.15. The minimum atomic E-state index is -3.71. The van der Waals surface area contributed by atoms with Crippen molar-refractivity contribution in [3.63, 3.8) is 0 Å². The van der Waals surface area contributed by atoms with Gasteiger partial charge in [0.25, 0.3) is 15.6 Å². The molecule has 102 valence electrons. The molecule has 4 N–H and O–H groups in total. The Hall–Kier alpha value is -1.71. The molecule has 0 saturated carbocycles. The summed E-state index contributed by atoms with van der Waals surface area (Å²) in [6, 6.07) is 4.04. The molecule has 0 spiro atoms. The highest BCUT2D eigenvalue weighted by Gasteiger charge is 2.19. The van der Waals surface area contributed by atoms with E-state index in [1.807, 2.05) is 0 Å². The summed E-state index contributed by atoms with van der Waals surface area (Å²) in [6.07, 6.45) is 0. The monoisotopic (exact) mass is 300 g/mol. The third-order valence-electron chi connectivity index (χ3n) is 2.37. The summed E-state index contributed by atoms with van der Waals surface area (Å²) in [7, 11) is -3.71. The van der Waals surface area contributed by atoms with Crippen LogP contribution in [0.5, 0.6) is 0 Å². The van der Waals surface area contributed by atoms with Crippen LogP contribution in [0.1, 0.15) is 10.4 Å². The minimum Gasteiger partial charge on any atom is -0.326 e. The standard InChI is InChI=1S/C10H12N4O3S2/c1-6-4-10(18-7(6)5-11)19(16,17)14-8-2-3-9(15)13-12-8/h2-4H,5,11H2,1H3,(H,12,14)(H,13,15). The zero-order valence-corrected chi connectivity index (χ0v) is 11.6. The molecular weight excluding hydrogens is 288 g/mol. The van der Waals surface area contributed by atoms with Gasteiger partial charge in [-0.2, -0.15) is 5.10 Å². The fourth-order valence-electron chi connectivity index (χ4n) is 1.41. The van der Waals surface area contributed by atoms with Gasteiger partial charge in [0.1, 0.15) is 4.21 Å². The number of sulfonamides is 1. The molecule has 0 saturated heterocycles. The number of anilines is 1. The number of nitrogens with zero attached hydrogens (tertiary/aromatic N) is 1. The predicted molar refractivity (Wildman–Crippen MR) is 72.6 cm³/mol. The molecule has 0 unspecified atom stereocenters. The van der Waals surface area contributed by atoms with Gasteiger partial charge in [0.05, 0.1) is 0 Å². The number of aryl methyl sites for hydroxylation is 1. The molecule has 2 rings (SSSR count). The van der Waals surface area contributed by atoms with E-state index in [1.165, 1.54) is 12.1 Å². The molecule has 7 nitrogen and oxygen atoms in total. The molecule has 2 aromatic rings. The van der Waals surface area contributed by atoms with Gasteiger partial charge in [-0.25, -0.2) is 13.5 Å². The number of aromatic nitrogens is 2. The van der Waals surface area contributed by atoms with Gasteiger partial charge in [-0.3, -0.25) is 9.52 Å². The summed E-state index contributed by atoms with van der Waals surface area (Å²) in [4.78, 5) is 11.7. The summed E-state index contributed by atoms with van der Waals surface area (Å²) in [5, 5.41) is 5.74. The zero-order valence-electron chi connectivity index (χ0n) is 10.0. The summed E-state index contributed by atoms with van der Waals surface area (Å²) in [5.41, 5.74) is 5.95. The topological polar surface area (TPSA) is 118 Å². The molecule has 0 aromatic carbocycles. The molecule has 0 aliphatic rings. The fourth-order valence-corrected chi connectivity index (χ4v) is 3.88. The van der Waals surface area contributed by atoms with Gasteiger partial charge in [0.15, 0.2) is 5.82 Å². The number of rotatable bonds is 4.